The Morgan fingerprint density at radius 2 is 2.25 bits per heavy atom. The van der Waals surface area contributed by atoms with Gasteiger partial charge in [0.05, 0.1) is 12.1 Å². The number of benzene rings is 1. The zero-order chi connectivity index (χ0) is 11.4. The minimum Gasteiger partial charge on any atom is -0.493 e. The first-order valence-electron chi connectivity index (χ1n) is 4.82. The molecule has 16 heavy (non-hydrogen) atoms. The number of rotatable bonds is 4. The molecule has 0 unspecified atom stereocenters. The number of fused-ring (bicyclic) bond motifs is 1. The van der Waals surface area contributed by atoms with E-state index in [2.05, 4.69) is 25.9 Å². The fraction of sp³-hybridized carbons (Fsp3) is 0.273. The first kappa shape index (κ1) is 11.7. The van der Waals surface area contributed by atoms with Gasteiger partial charge in [0.15, 0.2) is 0 Å². The van der Waals surface area contributed by atoms with Gasteiger partial charge in [0.25, 0.3) is 0 Å². The fourth-order valence-electron chi connectivity index (χ4n) is 1.42. The maximum Gasteiger partial charge on any atom is 0.121 e. The van der Waals surface area contributed by atoms with Gasteiger partial charge in [-0.2, -0.15) is 0 Å². The van der Waals surface area contributed by atoms with Crippen molar-refractivity contribution in [3.8, 4) is 5.75 Å². The van der Waals surface area contributed by atoms with Gasteiger partial charge < -0.3 is 4.74 Å². The van der Waals surface area contributed by atoms with E-state index in [-0.39, 0.29) is 0 Å². The van der Waals surface area contributed by atoms with Gasteiger partial charge in [-0.25, -0.2) is 9.97 Å². The molecular weight excluding hydrogens is 288 g/mol. The SMILES string of the molecule is CSc1ncnc2cc(OCCBr)ccc12. The van der Waals surface area contributed by atoms with Crippen molar-refractivity contribution in [2.45, 2.75) is 5.03 Å². The van der Waals surface area contributed by atoms with Crippen molar-refractivity contribution in [1.29, 1.82) is 0 Å². The molecule has 1 heterocycles. The molecule has 0 N–H and O–H groups in total. The van der Waals surface area contributed by atoms with Crippen LogP contribution >= 0.6 is 27.7 Å². The molecule has 5 heteroatoms. The summed E-state index contributed by atoms with van der Waals surface area (Å²) >= 11 is 4.95. The van der Waals surface area contributed by atoms with Crippen molar-refractivity contribution in [3.05, 3.63) is 24.5 Å². The van der Waals surface area contributed by atoms with E-state index < -0.39 is 0 Å². The van der Waals surface area contributed by atoms with Crippen LogP contribution in [0, 0.1) is 0 Å². The Morgan fingerprint density at radius 1 is 1.38 bits per heavy atom. The summed E-state index contributed by atoms with van der Waals surface area (Å²) in [7, 11) is 0. The van der Waals surface area contributed by atoms with Gasteiger partial charge in [0.1, 0.15) is 17.1 Å². The number of ether oxygens (including phenoxy) is 1. The summed E-state index contributed by atoms with van der Waals surface area (Å²) in [5.74, 6) is 0.845. The third-order valence-corrected chi connectivity index (χ3v) is 3.15. The molecule has 0 atom stereocenters. The average molecular weight is 299 g/mol. The van der Waals surface area contributed by atoms with Crippen LogP contribution in [0.2, 0.25) is 0 Å². The molecule has 2 aromatic rings. The van der Waals surface area contributed by atoms with Crippen LogP contribution in [0.4, 0.5) is 0 Å². The summed E-state index contributed by atoms with van der Waals surface area (Å²) in [6.45, 7) is 0.659. The zero-order valence-corrected chi connectivity index (χ0v) is 11.2. The zero-order valence-electron chi connectivity index (χ0n) is 8.81. The second kappa shape index (κ2) is 5.50. The van der Waals surface area contributed by atoms with Crippen molar-refractivity contribution in [1.82, 2.24) is 9.97 Å². The summed E-state index contributed by atoms with van der Waals surface area (Å²) in [5, 5.41) is 2.89. The van der Waals surface area contributed by atoms with Gasteiger partial charge in [-0.3, -0.25) is 0 Å². The molecule has 0 saturated heterocycles. The molecule has 84 valence electrons. The Kier molecular flexibility index (Phi) is 4.01. The number of alkyl halides is 1. The molecule has 0 aliphatic heterocycles. The van der Waals surface area contributed by atoms with E-state index in [0.717, 1.165) is 27.0 Å². The first-order valence-corrected chi connectivity index (χ1v) is 7.17. The second-order valence-corrected chi connectivity index (χ2v) is 4.69. The highest BCUT2D eigenvalue weighted by Gasteiger charge is 2.03. The van der Waals surface area contributed by atoms with Crippen LogP contribution in [0.15, 0.2) is 29.6 Å². The molecule has 0 spiro atoms. The third kappa shape index (κ3) is 2.47. The lowest BCUT2D eigenvalue weighted by Crippen LogP contribution is -1.97. The topological polar surface area (TPSA) is 35.0 Å². The number of halogens is 1. The highest BCUT2D eigenvalue weighted by Crippen LogP contribution is 2.25. The Hall–Kier alpha value is -0.810. The molecule has 0 amide bonds. The van der Waals surface area contributed by atoms with Gasteiger partial charge in [0.2, 0.25) is 0 Å². The van der Waals surface area contributed by atoms with Gasteiger partial charge in [-0.15, -0.1) is 11.8 Å². The lowest BCUT2D eigenvalue weighted by atomic mass is 10.2. The Bertz CT molecular complexity index is 492. The van der Waals surface area contributed by atoms with Crippen LogP contribution < -0.4 is 4.74 Å². The van der Waals surface area contributed by atoms with E-state index in [0.29, 0.717) is 6.61 Å². The Morgan fingerprint density at radius 3 is 3.00 bits per heavy atom. The van der Waals surface area contributed by atoms with Crippen molar-refractivity contribution in [3.63, 3.8) is 0 Å². The monoisotopic (exact) mass is 298 g/mol. The van der Waals surface area contributed by atoms with E-state index in [4.69, 9.17) is 4.74 Å². The summed E-state index contributed by atoms with van der Waals surface area (Å²) < 4.78 is 5.52. The lowest BCUT2D eigenvalue weighted by Gasteiger charge is -2.06. The van der Waals surface area contributed by atoms with Crippen LogP contribution in [-0.4, -0.2) is 28.2 Å². The van der Waals surface area contributed by atoms with Gasteiger partial charge in [0, 0.05) is 16.8 Å². The molecule has 0 radical (unpaired) electrons. The minimum atomic E-state index is 0.659. The summed E-state index contributed by atoms with van der Waals surface area (Å²) in [6, 6.07) is 5.90. The molecule has 0 aliphatic carbocycles. The van der Waals surface area contributed by atoms with Gasteiger partial charge >= 0.3 is 0 Å². The van der Waals surface area contributed by atoms with Crippen LogP contribution in [-0.2, 0) is 0 Å². The molecule has 1 aromatic heterocycles. The molecule has 0 fully saturated rings. The second-order valence-electron chi connectivity index (χ2n) is 3.10. The quantitative estimate of drug-likeness (QED) is 0.493. The molecule has 0 bridgehead atoms. The van der Waals surface area contributed by atoms with Crippen LogP contribution in [0.1, 0.15) is 0 Å². The minimum absolute atomic E-state index is 0.659. The number of aromatic nitrogens is 2. The van der Waals surface area contributed by atoms with Crippen LogP contribution in [0.3, 0.4) is 0 Å². The highest BCUT2D eigenvalue weighted by atomic mass is 79.9. The molecular formula is C11H11BrN2OS. The largest absolute Gasteiger partial charge is 0.493 e. The number of hydrogen-bond donors (Lipinski definition) is 0. The van der Waals surface area contributed by atoms with E-state index >= 15 is 0 Å². The Balaban J connectivity index is 2.39. The average Bonchev–Trinajstić information content (AvgIpc) is 2.35. The summed E-state index contributed by atoms with van der Waals surface area (Å²) in [5.41, 5.74) is 0.923. The number of hydrogen-bond acceptors (Lipinski definition) is 4. The molecule has 1 aromatic carbocycles. The number of nitrogens with zero attached hydrogens (tertiary/aromatic N) is 2. The highest BCUT2D eigenvalue weighted by molar-refractivity contribution is 9.09. The summed E-state index contributed by atoms with van der Waals surface area (Å²) in [4.78, 5) is 8.46. The predicted molar refractivity (Wildman–Crippen MR) is 70.6 cm³/mol. The molecule has 3 nitrogen and oxygen atoms in total. The smallest absolute Gasteiger partial charge is 0.121 e. The lowest BCUT2D eigenvalue weighted by molar-refractivity contribution is 0.345. The maximum absolute atomic E-state index is 5.52. The molecule has 2 rings (SSSR count). The van der Waals surface area contributed by atoms with Gasteiger partial charge in [-0.05, 0) is 18.4 Å². The Labute approximate surface area is 107 Å². The van der Waals surface area contributed by atoms with E-state index in [1.165, 1.54) is 0 Å². The molecule has 0 saturated carbocycles. The normalized spacial score (nSPS) is 10.6. The van der Waals surface area contributed by atoms with Crippen molar-refractivity contribution >= 4 is 38.6 Å². The summed E-state index contributed by atoms with van der Waals surface area (Å²) in [6.07, 6.45) is 3.60. The number of thioether (sulfide) groups is 1. The van der Waals surface area contributed by atoms with E-state index in [1.54, 1.807) is 18.1 Å². The van der Waals surface area contributed by atoms with Crippen LogP contribution in [0.25, 0.3) is 10.9 Å². The van der Waals surface area contributed by atoms with Crippen molar-refractivity contribution in [2.75, 3.05) is 18.2 Å². The van der Waals surface area contributed by atoms with Crippen molar-refractivity contribution in [2.24, 2.45) is 0 Å². The van der Waals surface area contributed by atoms with Crippen LogP contribution in [0.5, 0.6) is 5.75 Å². The van der Waals surface area contributed by atoms with Gasteiger partial charge in [-0.1, -0.05) is 15.9 Å². The van der Waals surface area contributed by atoms with E-state index in [1.807, 2.05) is 24.5 Å². The van der Waals surface area contributed by atoms with E-state index in [9.17, 15) is 0 Å². The molecule has 0 aliphatic rings. The third-order valence-electron chi connectivity index (χ3n) is 2.11. The fourth-order valence-corrected chi connectivity index (χ4v) is 2.13. The first-order chi connectivity index (χ1) is 7.85. The standard InChI is InChI=1S/C11H11BrN2OS/c1-16-11-9-3-2-8(15-5-4-12)6-10(9)13-7-14-11/h2-3,6-7H,4-5H2,1H3. The maximum atomic E-state index is 5.52. The predicted octanol–water partition coefficient (Wildman–Crippen LogP) is 3.13. The van der Waals surface area contributed by atoms with Crippen molar-refractivity contribution < 1.29 is 4.74 Å².